The van der Waals surface area contributed by atoms with Crippen molar-refractivity contribution in [2.75, 3.05) is 12.4 Å². The fraction of sp³-hybridized carbons (Fsp3) is 0.222. The number of nitrogens with one attached hydrogen (secondary N) is 1. The third-order valence-electron chi connectivity index (χ3n) is 4.24. The normalized spacial score (nSPS) is 19.2. The summed E-state index contributed by atoms with van der Waals surface area (Å²) < 4.78 is 4.83. The van der Waals surface area contributed by atoms with Crippen LogP contribution in [0.1, 0.15) is 23.1 Å². The van der Waals surface area contributed by atoms with Crippen molar-refractivity contribution in [3.05, 3.63) is 64.2 Å². The molecule has 1 N–H and O–H groups in total. The standard InChI is InChI=1S/C18H16ClNO3/c1-11-7-8-15-13(9-11)18(17(22)20-15,10-16(21)23-2)12-5-3-4-6-14(12)19/h3-9H,10H2,1-2H3,(H,20,22). The van der Waals surface area contributed by atoms with Crippen LogP contribution in [0, 0.1) is 6.92 Å². The third kappa shape index (κ3) is 2.39. The number of rotatable bonds is 3. The molecule has 2 aromatic rings. The highest BCUT2D eigenvalue weighted by Crippen LogP contribution is 2.47. The van der Waals surface area contributed by atoms with Gasteiger partial charge in [0.15, 0.2) is 0 Å². The highest BCUT2D eigenvalue weighted by Gasteiger charge is 2.51. The number of aryl methyl sites for hydroxylation is 1. The summed E-state index contributed by atoms with van der Waals surface area (Å²) in [5, 5.41) is 3.31. The highest BCUT2D eigenvalue weighted by atomic mass is 35.5. The average Bonchev–Trinajstić information content (AvgIpc) is 2.80. The zero-order valence-corrected chi connectivity index (χ0v) is 13.6. The van der Waals surface area contributed by atoms with Gasteiger partial charge in [0.05, 0.1) is 13.5 Å². The maximum Gasteiger partial charge on any atom is 0.307 e. The van der Waals surface area contributed by atoms with E-state index in [4.69, 9.17) is 16.3 Å². The monoisotopic (exact) mass is 329 g/mol. The number of amides is 1. The topological polar surface area (TPSA) is 55.4 Å². The smallest absolute Gasteiger partial charge is 0.307 e. The summed E-state index contributed by atoms with van der Waals surface area (Å²) in [5.74, 6) is -0.731. The fourth-order valence-corrected chi connectivity index (χ4v) is 3.40. The Morgan fingerprint density at radius 1 is 1.22 bits per heavy atom. The van der Waals surface area contributed by atoms with Gasteiger partial charge in [0.25, 0.3) is 0 Å². The van der Waals surface area contributed by atoms with Gasteiger partial charge in [-0.1, -0.05) is 47.5 Å². The number of hydrogen-bond donors (Lipinski definition) is 1. The summed E-state index contributed by atoms with van der Waals surface area (Å²) in [6.07, 6.45) is -0.102. The summed E-state index contributed by atoms with van der Waals surface area (Å²) >= 11 is 6.36. The van der Waals surface area contributed by atoms with Gasteiger partial charge in [-0.25, -0.2) is 0 Å². The summed E-state index contributed by atoms with van der Waals surface area (Å²) in [6.45, 7) is 1.94. The van der Waals surface area contributed by atoms with E-state index in [1.165, 1.54) is 7.11 Å². The van der Waals surface area contributed by atoms with Gasteiger partial charge in [-0.15, -0.1) is 0 Å². The van der Waals surface area contributed by atoms with Gasteiger partial charge in [0, 0.05) is 10.7 Å². The van der Waals surface area contributed by atoms with E-state index in [-0.39, 0.29) is 12.3 Å². The second kappa shape index (κ2) is 5.70. The quantitative estimate of drug-likeness (QED) is 0.877. The first kappa shape index (κ1) is 15.6. The molecule has 0 saturated heterocycles. The Morgan fingerprint density at radius 3 is 2.65 bits per heavy atom. The molecule has 1 aliphatic heterocycles. The van der Waals surface area contributed by atoms with E-state index in [1.54, 1.807) is 24.3 Å². The van der Waals surface area contributed by atoms with Crippen LogP contribution in [0.4, 0.5) is 5.69 Å². The van der Waals surface area contributed by atoms with Crippen LogP contribution in [0.2, 0.25) is 5.02 Å². The maximum atomic E-state index is 12.9. The number of anilines is 1. The molecule has 118 valence electrons. The molecule has 1 unspecified atom stereocenters. The zero-order valence-electron chi connectivity index (χ0n) is 12.9. The van der Waals surface area contributed by atoms with Gasteiger partial charge in [-0.3, -0.25) is 9.59 Å². The number of hydrogen-bond acceptors (Lipinski definition) is 3. The van der Waals surface area contributed by atoms with Crippen molar-refractivity contribution in [2.24, 2.45) is 0 Å². The summed E-state index contributed by atoms with van der Waals surface area (Å²) in [5.41, 5.74) is 1.88. The first-order valence-electron chi connectivity index (χ1n) is 7.23. The SMILES string of the molecule is COC(=O)CC1(c2ccccc2Cl)C(=O)Nc2ccc(C)cc21. The molecule has 1 amide bonds. The average molecular weight is 330 g/mol. The Labute approximate surface area is 139 Å². The Hall–Kier alpha value is -2.33. The predicted octanol–water partition coefficient (Wildman–Crippen LogP) is 3.45. The Balaban J connectivity index is 2.30. The number of fused-ring (bicyclic) bond motifs is 1. The first-order chi connectivity index (χ1) is 11.0. The summed E-state index contributed by atoms with van der Waals surface area (Å²) in [6, 6.07) is 12.8. The highest BCUT2D eigenvalue weighted by molar-refractivity contribution is 6.32. The third-order valence-corrected chi connectivity index (χ3v) is 4.57. The predicted molar refractivity (Wildman–Crippen MR) is 88.7 cm³/mol. The van der Waals surface area contributed by atoms with E-state index in [0.717, 1.165) is 11.1 Å². The van der Waals surface area contributed by atoms with E-state index < -0.39 is 11.4 Å². The second-order valence-electron chi connectivity index (χ2n) is 5.64. The van der Waals surface area contributed by atoms with Crippen molar-refractivity contribution in [3.63, 3.8) is 0 Å². The van der Waals surface area contributed by atoms with E-state index in [2.05, 4.69) is 5.32 Å². The van der Waals surface area contributed by atoms with E-state index in [1.807, 2.05) is 25.1 Å². The molecule has 0 radical (unpaired) electrons. The molecule has 1 heterocycles. The lowest BCUT2D eigenvalue weighted by molar-refractivity contribution is -0.143. The van der Waals surface area contributed by atoms with Gasteiger partial charge >= 0.3 is 5.97 Å². The van der Waals surface area contributed by atoms with Gasteiger partial charge in [0.1, 0.15) is 5.41 Å². The van der Waals surface area contributed by atoms with Crippen LogP contribution < -0.4 is 5.32 Å². The fourth-order valence-electron chi connectivity index (χ4n) is 3.11. The zero-order chi connectivity index (χ0) is 16.6. The lowest BCUT2D eigenvalue weighted by Crippen LogP contribution is -2.38. The minimum atomic E-state index is -1.17. The van der Waals surface area contributed by atoms with E-state index in [9.17, 15) is 9.59 Å². The lowest BCUT2D eigenvalue weighted by Gasteiger charge is -2.28. The first-order valence-corrected chi connectivity index (χ1v) is 7.61. The molecule has 1 atom stereocenters. The van der Waals surface area contributed by atoms with Crippen molar-refractivity contribution >= 4 is 29.2 Å². The molecule has 0 bridgehead atoms. The number of methoxy groups -OCH3 is 1. The number of benzene rings is 2. The number of carbonyl (C=O) groups is 2. The Kier molecular flexibility index (Phi) is 3.86. The summed E-state index contributed by atoms with van der Waals surface area (Å²) in [4.78, 5) is 24.9. The van der Waals surface area contributed by atoms with Crippen molar-refractivity contribution in [1.29, 1.82) is 0 Å². The number of ether oxygens (including phenoxy) is 1. The molecule has 0 spiro atoms. The lowest BCUT2D eigenvalue weighted by atomic mass is 9.72. The van der Waals surface area contributed by atoms with Crippen LogP contribution in [0.15, 0.2) is 42.5 Å². The van der Waals surface area contributed by atoms with Crippen LogP contribution in [0.5, 0.6) is 0 Å². The number of carbonyl (C=O) groups excluding carboxylic acids is 2. The van der Waals surface area contributed by atoms with Gasteiger partial charge in [0.2, 0.25) is 5.91 Å². The van der Waals surface area contributed by atoms with Crippen molar-refractivity contribution < 1.29 is 14.3 Å². The minimum Gasteiger partial charge on any atom is -0.469 e. The molecule has 1 aliphatic rings. The molecule has 0 fully saturated rings. The molecular weight excluding hydrogens is 314 g/mol. The molecule has 4 nitrogen and oxygen atoms in total. The number of esters is 1. The van der Waals surface area contributed by atoms with Gasteiger partial charge in [-0.2, -0.15) is 0 Å². The van der Waals surface area contributed by atoms with E-state index in [0.29, 0.717) is 16.3 Å². The molecule has 3 rings (SSSR count). The van der Waals surface area contributed by atoms with Crippen molar-refractivity contribution in [3.8, 4) is 0 Å². The molecule has 23 heavy (non-hydrogen) atoms. The Bertz CT molecular complexity index is 803. The summed E-state index contributed by atoms with van der Waals surface area (Å²) in [7, 11) is 1.31. The van der Waals surface area contributed by atoms with Crippen LogP contribution in [-0.2, 0) is 19.7 Å². The van der Waals surface area contributed by atoms with E-state index >= 15 is 0 Å². The van der Waals surface area contributed by atoms with Crippen LogP contribution >= 0.6 is 11.6 Å². The van der Waals surface area contributed by atoms with Crippen LogP contribution in [0.25, 0.3) is 0 Å². The molecule has 0 aliphatic carbocycles. The van der Waals surface area contributed by atoms with Crippen LogP contribution in [0.3, 0.4) is 0 Å². The van der Waals surface area contributed by atoms with Gasteiger partial charge in [-0.05, 0) is 30.2 Å². The maximum absolute atomic E-state index is 12.9. The minimum absolute atomic E-state index is 0.102. The Morgan fingerprint density at radius 2 is 1.96 bits per heavy atom. The molecule has 0 saturated carbocycles. The second-order valence-corrected chi connectivity index (χ2v) is 6.05. The number of halogens is 1. The molecule has 5 heteroatoms. The van der Waals surface area contributed by atoms with Crippen LogP contribution in [-0.4, -0.2) is 19.0 Å². The molecular formula is C18H16ClNO3. The molecule has 2 aromatic carbocycles. The molecule has 0 aromatic heterocycles. The van der Waals surface area contributed by atoms with Gasteiger partial charge < -0.3 is 10.1 Å². The van der Waals surface area contributed by atoms with Crippen molar-refractivity contribution in [2.45, 2.75) is 18.8 Å². The largest absolute Gasteiger partial charge is 0.469 e. The van der Waals surface area contributed by atoms with Crippen molar-refractivity contribution in [1.82, 2.24) is 0 Å².